The average Bonchev–Trinajstić information content (AvgIpc) is 3.17. The van der Waals surface area contributed by atoms with Crippen LogP contribution in [0.15, 0.2) is 54.6 Å². The number of carbonyl (C=O) groups is 1. The van der Waals surface area contributed by atoms with Crippen molar-refractivity contribution in [3.8, 4) is 5.75 Å². The number of esters is 1. The summed E-state index contributed by atoms with van der Waals surface area (Å²) < 4.78 is 10.5. The molecule has 0 amide bonds. The van der Waals surface area contributed by atoms with Gasteiger partial charge in [-0.1, -0.05) is 24.3 Å². The van der Waals surface area contributed by atoms with E-state index >= 15 is 0 Å². The number of hydrogen-bond donors (Lipinski definition) is 1. The molecule has 2 aromatic carbocycles. The molecule has 0 saturated carbocycles. The monoisotopic (exact) mass is 349 g/mol. The minimum atomic E-state index is -0.303. The number of hydrogen-bond acceptors (Lipinski definition) is 4. The molecule has 2 aliphatic rings. The third-order valence-corrected chi connectivity index (χ3v) is 5.34. The van der Waals surface area contributed by atoms with Crippen LogP contribution in [0.25, 0.3) is 0 Å². The Kier molecular flexibility index (Phi) is 4.41. The van der Waals surface area contributed by atoms with Crippen molar-refractivity contribution in [1.29, 1.82) is 0 Å². The molecular weight excluding hydrogens is 326 g/mol. The van der Waals surface area contributed by atoms with E-state index in [-0.39, 0.29) is 12.0 Å². The Morgan fingerprint density at radius 2 is 2.00 bits per heavy atom. The quantitative estimate of drug-likeness (QED) is 0.642. The summed E-state index contributed by atoms with van der Waals surface area (Å²) in [6.45, 7) is 2.68. The SMILES string of the molecule is CCOc1ccc2c(c1)[C@H]1C=CC[C@H]1[C@H](c1ccc(C(=O)OC)cc1)N2. The van der Waals surface area contributed by atoms with Gasteiger partial charge >= 0.3 is 5.97 Å². The van der Waals surface area contributed by atoms with Crippen molar-refractivity contribution in [3.63, 3.8) is 0 Å². The molecule has 1 heterocycles. The first kappa shape index (κ1) is 16.7. The highest BCUT2D eigenvalue weighted by molar-refractivity contribution is 5.89. The second-order valence-corrected chi connectivity index (χ2v) is 6.77. The van der Waals surface area contributed by atoms with E-state index in [1.54, 1.807) is 0 Å². The number of allylic oxidation sites excluding steroid dienone is 2. The Labute approximate surface area is 153 Å². The molecule has 0 radical (unpaired) electrons. The maximum Gasteiger partial charge on any atom is 0.337 e. The van der Waals surface area contributed by atoms with Gasteiger partial charge in [0, 0.05) is 11.6 Å². The number of rotatable bonds is 4. The van der Waals surface area contributed by atoms with Crippen LogP contribution in [0.1, 0.15) is 46.8 Å². The van der Waals surface area contributed by atoms with Gasteiger partial charge < -0.3 is 14.8 Å². The fraction of sp³-hybridized carbons (Fsp3) is 0.318. The first-order chi connectivity index (χ1) is 12.7. The lowest BCUT2D eigenvalue weighted by Gasteiger charge is -2.37. The summed E-state index contributed by atoms with van der Waals surface area (Å²) in [6, 6.07) is 14.2. The highest BCUT2D eigenvalue weighted by Gasteiger charge is 2.38. The lowest BCUT2D eigenvalue weighted by Crippen LogP contribution is -2.29. The van der Waals surface area contributed by atoms with Crippen LogP contribution < -0.4 is 10.1 Å². The molecule has 134 valence electrons. The Balaban J connectivity index is 1.66. The van der Waals surface area contributed by atoms with Crippen molar-refractivity contribution in [1.82, 2.24) is 0 Å². The van der Waals surface area contributed by atoms with Crippen molar-refractivity contribution in [2.45, 2.75) is 25.3 Å². The fourth-order valence-electron chi connectivity index (χ4n) is 4.10. The molecule has 26 heavy (non-hydrogen) atoms. The molecule has 0 aromatic heterocycles. The van der Waals surface area contributed by atoms with Gasteiger partial charge in [0.25, 0.3) is 0 Å². The number of benzene rings is 2. The molecule has 1 N–H and O–H groups in total. The van der Waals surface area contributed by atoms with E-state index in [0.717, 1.165) is 17.9 Å². The molecule has 0 fully saturated rings. The molecule has 1 aliphatic carbocycles. The summed E-state index contributed by atoms with van der Waals surface area (Å²) in [5, 5.41) is 3.70. The van der Waals surface area contributed by atoms with E-state index in [0.29, 0.717) is 24.0 Å². The number of ether oxygens (including phenoxy) is 2. The largest absolute Gasteiger partial charge is 0.494 e. The van der Waals surface area contributed by atoms with Gasteiger partial charge in [-0.25, -0.2) is 4.79 Å². The molecule has 2 aromatic rings. The molecule has 0 unspecified atom stereocenters. The van der Waals surface area contributed by atoms with Gasteiger partial charge in [-0.05, 0) is 60.7 Å². The zero-order chi connectivity index (χ0) is 18.1. The maximum absolute atomic E-state index is 11.7. The van der Waals surface area contributed by atoms with Crippen LogP contribution >= 0.6 is 0 Å². The average molecular weight is 349 g/mol. The number of nitrogens with one attached hydrogen (secondary N) is 1. The van der Waals surface area contributed by atoms with Crippen molar-refractivity contribution >= 4 is 11.7 Å². The second-order valence-electron chi connectivity index (χ2n) is 6.77. The summed E-state index contributed by atoms with van der Waals surface area (Å²) in [4.78, 5) is 11.7. The molecule has 0 saturated heterocycles. The minimum Gasteiger partial charge on any atom is -0.494 e. The van der Waals surface area contributed by atoms with Gasteiger partial charge in [0.05, 0.1) is 25.3 Å². The van der Waals surface area contributed by atoms with Crippen molar-refractivity contribution < 1.29 is 14.3 Å². The van der Waals surface area contributed by atoms with Crippen LogP contribution in [0, 0.1) is 5.92 Å². The van der Waals surface area contributed by atoms with E-state index in [1.807, 2.05) is 37.3 Å². The predicted molar refractivity (Wildman–Crippen MR) is 102 cm³/mol. The van der Waals surface area contributed by atoms with E-state index in [2.05, 4.69) is 29.6 Å². The highest BCUT2D eigenvalue weighted by Crippen LogP contribution is 2.50. The predicted octanol–water partition coefficient (Wildman–Crippen LogP) is 4.70. The number of anilines is 1. The standard InChI is InChI=1S/C22H23NO3/c1-3-26-16-11-12-20-19(13-16)17-5-4-6-18(17)21(23-20)14-7-9-15(10-8-14)22(24)25-2/h4-5,7-13,17-18,21,23H,3,6H2,1-2H3/t17-,18+,21-/m0/s1. The van der Waals surface area contributed by atoms with Crippen molar-refractivity contribution in [2.24, 2.45) is 5.92 Å². The van der Waals surface area contributed by atoms with E-state index < -0.39 is 0 Å². The van der Waals surface area contributed by atoms with E-state index in [4.69, 9.17) is 9.47 Å². The van der Waals surface area contributed by atoms with E-state index in [9.17, 15) is 4.79 Å². The molecule has 0 bridgehead atoms. The maximum atomic E-state index is 11.7. The Bertz CT molecular complexity index is 841. The zero-order valence-electron chi connectivity index (χ0n) is 15.1. The second kappa shape index (κ2) is 6.87. The van der Waals surface area contributed by atoms with Gasteiger partial charge in [-0.3, -0.25) is 0 Å². The van der Waals surface area contributed by atoms with Crippen LogP contribution in [0.3, 0.4) is 0 Å². The normalized spacial score (nSPS) is 22.9. The highest BCUT2D eigenvalue weighted by atomic mass is 16.5. The minimum absolute atomic E-state index is 0.215. The topological polar surface area (TPSA) is 47.6 Å². The fourth-order valence-corrected chi connectivity index (χ4v) is 4.10. The smallest absolute Gasteiger partial charge is 0.337 e. The lowest BCUT2D eigenvalue weighted by atomic mass is 9.77. The van der Waals surface area contributed by atoms with Crippen LogP contribution in [0.4, 0.5) is 5.69 Å². The molecule has 4 nitrogen and oxygen atoms in total. The number of carbonyl (C=O) groups excluding carboxylic acids is 1. The summed E-state index contributed by atoms with van der Waals surface area (Å²) in [5.41, 5.74) is 4.23. The third-order valence-electron chi connectivity index (χ3n) is 5.34. The Hall–Kier alpha value is -2.75. The third kappa shape index (κ3) is 2.85. The van der Waals surface area contributed by atoms with Gasteiger partial charge in [-0.2, -0.15) is 0 Å². The number of fused-ring (bicyclic) bond motifs is 3. The molecule has 4 heteroatoms. The Morgan fingerprint density at radius 1 is 1.19 bits per heavy atom. The lowest BCUT2D eigenvalue weighted by molar-refractivity contribution is 0.0600. The first-order valence-corrected chi connectivity index (χ1v) is 9.09. The molecule has 0 spiro atoms. The molecule has 3 atom stereocenters. The van der Waals surface area contributed by atoms with Crippen LogP contribution in [-0.2, 0) is 4.74 Å². The van der Waals surface area contributed by atoms with Crippen molar-refractivity contribution in [3.05, 3.63) is 71.3 Å². The zero-order valence-corrected chi connectivity index (χ0v) is 15.1. The van der Waals surface area contributed by atoms with Gasteiger partial charge in [0.15, 0.2) is 0 Å². The van der Waals surface area contributed by atoms with Crippen molar-refractivity contribution in [2.75, 3.05) is 19.0 Å². The van der Waals surface area contributed by atoms with Crippen LogP contribution in [-0.4, -0.2) is 19.7 Å². The van der Waals surface area contributed by atoms with E-state index in [1.165, 1.54) is 18.2 Å². The van der Waals surface area contributed by atoms with Gasteiger partial charge in [0.1, 0.15) is 5.75 Å². The summed E-state index contributed by atoms with van der Waals surface area (Å²) in [5.74, 6) is 1.47. The molecular formula is C22H23NO3. The Morgan fingerprint density at radius 3 is 2.73 bits per heavy atom. The van der Waals surface area contributed by atoms with Crippen LogP contribution in [0.2, 0.25) is 0 Å². The summed E-state index contributed by atoms with van der Waals surface area (Å²) in [7, 11) is 1.40. The van der Waals surface area contributed by atoms with Gasteiger partial charge in [0.2, 0.25) is 0 Å². The van der Waals surface area contributed by atoms with Gasteiger partial charge in [-0.15, -0.1) is 0 Å². The molecule has 1 aliphatic heterocycles. The van der Waals surface area contributed by atoms with Crippen LogP contribution in [0.5, 0.6) is 5.75 Å². The number of methoxy groups -OCH3 is 1. The summed E-state index contributed by atoms with van der Waals surface area (Å²) >= 11 is 0. The first-order valence-electron chi connectivity index (χ1n) is 9.09. The summed E-state index contributed by atoms with van der Waals surface area (Å²) in [6.07, 6.45) is 5.63. The molecule has 4 rings (SSSR count).